The van der Waals surface area contributed by atoms with Crippen LogP contribution < -0.4 is 9.47 Å². The van der Waals surface area contributed by atoms with Crippen molar-refractivity contribution in [1.82, 2.24) is 0 Å². The summed E-state index contributed by atoms with van der Waals surface area (Å²) >= 11 is 3.74. The van der Waals surface area contributed by atoms with Crippen LogP contribution in [0.1, 0.15) is 38.6 Å². The van der Waals surface area contributed by atoms with Crippen LogP contribution in [0.5, 0.6) is 0 Å². The lowest BCUT2D eigenvalue weighted by molar-refractivity contribution is -0.642. The van der Waals surface area contributed by atoms with E-state index in [2.05, 4.69) is 166 Å². The number of thioether (sulfide) groups is 1. The molecule has 0 spiro atoms. The van der Waals surface area contributed by atoms with Crippen molar-refractivity contribution in [2.75, 3.05) is 11.9 Å². The van der Waals surface area contributed by atoms with E-state index in [0.717, 1.165) is 12.8 Å². The molecule has 45 heavy (non-hydrogen) atoms. The summed E-state index contributed by atoms with van der Waals surface area (Å²) in [4.78, 5) is 3.62. The molecule has 4 aromatic carbocycles. The molecule has 0 fully saturated rings. The van der Waals surface area contributed by atoms with E-state index < -0.39 is 0 Å². The first-order valence-electron chi connectivity index (χ1n) is 15.6. The lowest BCUT2D eigenvalue weighted by atomic mass is 9.72. The van der Waals surface area contributed by atoms with Crippen LogP contribution >= 0.6 is 23.1 Å². The van der Waals surface area contributed by atoms with Crippen molar-refractivity contribution in [2.24, 2.45) is 12.5 Å². The quantitative estimate of drug-likeness (QED) is 0.180. The van der Waals surface area contributed by atoms with E-state index in [1.807, 2.05) is 23.1 Å². The highest BCUT2D eigenvalue weighted by molar-refractivity contribution is 8.03. The molecule has 4 heteroatoms. The SMILES string of the molecule is CC1=C(C=CC=C2Sc3cc(-c4ccccc4)ccc3N2C)CC(C)(C)CC1=Cc1sc2cc(-c3ccccc3)ccc2[n+]1C. The number of nitrogens with zero attached hydrogens (tertiary/aromatic N) is 2. The van der Waals surface area contributed by atoms with Crippen LogP contribution in [0.25, 0.3) is 38.5 Å². The highest BCUT2D eigenvalue weighted by Crippen LogP contribution is 2.47. The zero-order valence-corrected chi connectivity index (χ0v) is 28.3. The number of rotatable bonds is 5. The van der Waals surface area contributed by atoms with E-state index in [4.69, 9.17) is 0 Å². The van der Waals surface area contributed by atoms with Crippen LogP contribution in [0, 0.1) is 5.41 Å². The number of benzene rings is 4. The van der Waals surface area contributed by atoms with Crippen molar-refractivity contribution < 1.29 is 4.57 Å². The zero-order chi connectivity index (χ0) is 31.1. The monoisotopic (exact) mass is 623 g/mol. The maximum absolute atomic E-state index is 2.44. The second-order valence-electron chi connectivity index (χ2n) is 13.0. The fourth-order valence-corrected chi connectivity index (χ4v) is 8.80. The van der Waals surface area contributed by atoms with Gasteiger partial charge in [0.25, 0.3) is 5.01 Å². The van der Waals surface area contributed by atoms with E-state index in [9.17, 15) is 0 Å². The van der Waals surface area contributed by atoms with Gasteiger partial charge >= 0.3 is 0 Å². The van der Waals surface area contributed by atoms with Crippen molar-refractivity contribution in [3.05, 3.63) is 142 Å². The molecule has 2 nitrogen and oxygen atoms in total. The van der Waals surface area contributed by atoms with Crippen molar-refractivity contribution in [2.45, 2.75) is 38.5 Å². The van der Waals surface area contributed by atoms with E-state index in [-0.39, 0.29) is 5.41 Å². The van der Waals surface area contributed by atoms with Gasteiger partial charge in [0, 0.05) is 24.1 Å². The molecule has 7 rings (SSSR count). The third-order valence-corrected chi connectivity index (χ3v) is 11.4. The molecule has 5 aromatic rings. The Hall–Kier alpha value is -4.12. The molecule has 1 aliphatic carbocycles. The summed E-state index contributed by atoms with van der Waals surface area (Å²) in [5.74, 6) is 0. The molecule has 0 unspecified atom stereocenters. The summed E-state index contributed by atoms with van der Waals surface area (Å²) in [5, 5.41) is 2.55. The molecule has 1 aromatic heterocycles. The highest BCUT2D eigenvalue weighted by atomic mass is 32.2. The summed E-state index contributed by atoms with van der Waals surface area (Å²) in [6.45, 7) is 7.11. The number of hydrogen-bond acceptors (Lipinski definition) is 3. The van der Waals surface area contributed by atoms with E-state index in [0.29, 0.717) is 0 Å². The lowest BCUT2D eigenvalue weighted by Crippen LogP contribution is -2.29. The van der Waals surface area contributed by atoms with Crippen molar-refractivity contribution in [1.29, 1.82) is 0 Å². The van der Waals surface area contributed by atoms with Crippen molar-refractivity contribution in [3.63, 3.8) is 0 Å². The van der Waals surface area contributed by atoms with Gasteiger partial charge < -0.3 is 4.90 Å². The van der Waals surface area contributed by atoms with Gasteiger partial charge in [-0.1, -0.05) is 116 Å². The highest BCUT2D eigenvalue weighted by Gasteiger charge is 2.29. The van der Waals surface area contributed by atoms with Crippen LogP contribution in [0.2, 0.25) is 0 Å². The lowest BCUT2D eigenvalue weighted by Gasteiger charge is -2.33. The van der Waals surface area contributed by atoms with Gasteiger partial charge in [0.15, 0.2) is 0 Å². The van der Waals surface area contributed by atoms with Crippen LogP contribution in [-0.4, -0.2) is 7.05 Å². The fraction of sp³-hybridized carbons (Fsp3) is 0.195. The van der Waals surface area contributed by atoms with Gasteiger partial charge in [-0.15, -0.1) is 0 Å². The summed E-state index contributed by atoms with van der Waals surface area (Å²) in [6, 6.07) is 34.9. The van der Waals surface area contributed by atoms with Gasteiger partial charge in [-0.2, -0.15) is 4.57 Å². The fourth-order valence-electron chi connectivity index (χ4n) is 6.54. The number of anilines is 1. The second kappa shape index (κ2) is 12.0. The van der Waals surface area contributed by atoms with E-state index in [1.54, 1.807) is 0 Å². The molecule has 0 N–H and O–H groups in total. The van der Waals surface area contributed by atoms with Gasteiger partial charge in [-0.25, -0.2) is 0 Å². The Morgan fingerprint density at radius 1 is 0.800 bits per heavy atom. The van der Waals surface area contributed by atoms with Gasteiger partial charge in [-0.05, 0) is 94.5 Å². The number of allylic oxidation sites excluding steroid dienone is 6. The first-order chi connectivity index (χ1) is 21.8. The van der Waals surface area contributed by atoms with Crippen LogP contribution in [-0.2, 0) is 7.05 Å². The van der Waals surface area contributed by atoms with E-state index in [1.165, 1.54) is 69.8 Å². The molecule has 0 amide bonds. The van der Waals surface area contributed by atoms with Crippen molar-refractivity contribution in [3.8, 4) is 22.3 Å². The smallest absolute Gasteiger partial charge is 0.262 e. The summed E-state index contributed by atoms with van der Waals surface area (Å²) < 4.78 is 3.68. The minimum absolute atomic E-state index is 0.205. The first-order valence-corrected chi connectivity index (χ1v) is 17.3. The molecule has 1 aliphatic heterocycles. The largest absolute Gasteiger partial charge is 0.338 e. The molecule has 0 atom stereocenters. The second-order valence-corrected chi connectivity index (χ2v) is 15.1. The van der Waals surface area contributed by atoms with Crippen LogP contribution in [0.3, 0.4) is 0 Å². The molecule has 0 saturated heterocycles. The Bertz CT molecular complexity index is 2020. The Morgan fingerprint density at radius 2 is 1.47 bits per heavy atom. The number of fused-ring (bicyclic) bond motifs is 2. The summed E-state index contributed by atoms with van der Waals surface area (Å²) in [6.07, 6.45) is 11.5. The maximum Gasteiger partial charge on any atom is 0.262 e. The predicted molar refractivity (Wildman–Crippen MR) is 195 cm³/mol. The number of aromatic nitrogens is 1. The van der Waals surface area contributed by atoms with E-state index >= 15 is 0 Å². The molecule has 224 valence electrons. The standard InChI is InChI=1S/C41H39N2S2/c1-28-33(17-12-18-39-42(4)35-21-19-31(23-37(35)44-39)29-13-8-6-9-14-29)26-41(2,3)27-34(28)25-40-43(5)36-22-20-32(24-38(36)45-40)30-15-10-7-11-16-30/h6-25H,26-27H2,1-5H3/q+1. The molecule has 0 bridgehead atoms. The molecular formula is C41H39N2S2+. The molecule has 0 saturated carbocycles. The summed E-state index contributed by atoms with van der Waals surface area (Å²) in [5.41, 5.74) is 12.1. The Balaban J connectivity index is 1.16. The molecule has 2 aliphatic rings. The minimum atomic E-state index is 0.205. The third-order valence-electron chi connectivity index (χ3n) is 9.08. The Kier molecular flexibility index (Phi) is 7.89. The van der Waals surface area contributed by atoms with Gasteiger partial charge in [-0.3, -0.25) is 0 Å². The van der Waals surface area contributed by atoms with Crippen LogP contribution in [0.15, 0.2) is 142 Å². The average molecular weight is 624 g/mol. The Labute approximate surface area is 275 Å². The third kappa shape index (κ3) is 5.97. The molecular weight excluding hydrogens is 585 g/mol. The Morgan fingerprint density at radius 3 is 2.18 bits per heavy atom. The van der Waals surface area contributed by atoms with Crippen LogP contribution in [0.4, 0.5) is 5.69 Å². The number of aryl methyl sites for hydroxylation is 1. The summed E-state index contributed by atoms with van der Waals surface area (Å²) in [7, 11) is 4.37. The van der Waals surface area contributed by atoms with Gasteiger partial charge in [0.1, 0.15) is 11.7 Å². The first kappa shape index (κ1) is 29.6. The molecule has 2 heterocycles. The maximum atomic E-state index is 2.44. The van der Waals surface area contributed by atoms with Crippen molar-refractivity contribution >= 4 is 45.1 Å². The number of hydrogen-bond donors (Lipinski definition) is 0. The topological polar surface area (TPSA) is 7.12 Å². The normalized spacial score (nSPS) is 18.1. The molecule has 0 radical (unpaired) electrons. The van der Waals surface area contributed by atoms with Gasteiger partial charge in [0.05, 0.1) is 10.7 Å². The average Bonchev–Trinajstić information content (AvgIpc) is 3.54. The minimum Gasteiger partial charge on any atom is -0.338 e. The predicted octanol–water partition coefficient (Wildman–Crippen LogP) is 11.2. The zero-order valence-electron chi connectivity index (χ0n) is 26.7. The number of thiazole rings is 1. The van der Waals surface area contributed by atoms with Gasteiger partial charge in [0.2, 0.25) is 5.52 Å².